The van der Waals surface area contributed by atoms with Gasteiger partial charge in [-0.2, -0.15) is 10.2 Å². The molecule has 0 fully saturated rings. The Morgan fingerprint density at radius 3 is 1.70 bits per heavy atom. The molecule has 0 spiro atoms. The minimum atomic E-state index is -0.828. The van der Waals surface area contributed by atoms with Crippen LogP contribution in [0.15, 0.2) is 58.8 Å². The van der Waals surface area contributed by atoms with Gasteiger partial charge in [-0.15, -0.1) is 0 Å². The molecule has 0 aliphatic carbocycles. The van der Waals surface area contributed by atoms with Crippen molar-refractivity contribution in [2.75, 3.05) is 0 Å². The molecule has 3 heteroatoms. The van der Waals surface area contributed by atoms with E-state index in [4.69, 9.17) is 0 Å². The molecule has 0 radical (unpaired) electrons. The molecule has 0 aromatic heterocycles. The first-order valence-electron chi connectivity index (χ1n) is 6.82. The highest BCUT2D eigenvalue weighted by Gasteiger charge is 2.14. The van der Waals surface area contributed by atoms with Gasteiger partial charge in [-0.1, -0.05) is 31.2 Å². The van der Waals surface area contributed by atoms with E-state index in [1.165, 1.54) is 5.56 Å². The van der Waals surface area contributed by atoms with Gasteiger partial charge >= 0.3 is 0 Å². The molecule has 104 valence electrons. The molecular formula is C17H20N2O. The molecular weight excluding hydrogens is 248 g/mol. The summed E-state index contributed by atoms with van der Waals surface area (Å²) in [5, 5.41) is 18.3. The summed E-state index contributed by atoms with van der Waals surface area (Å²) < 4.78 is 0. The zero-order valence-corrected chi connectivity index (χ0v) is 12.2. The van der Waals surface area contributed by atoms with Crippen LogP contribution >= 0.6 is 0 Å². The Morgan fingerprint density at radius 1 is 0.850 bits per heavy atom. The summed E-state index contributed by atoms with van der Waals surface area (Å²) in [6.45, 7) is 5.65. The Hall–Kier alpha value is -2.00. The van der Waals surface area contributed by atoms with Gasteiger partial charge < -0.3 is 5.11 Å². The van der Waals surface area contributed by atoms with Crippen LogP contribution in [0.3, 0.4) is 0 Å². The Balaban J connectivity index is 2.10. The van der Waals surface area contributed by atoms with Crippen molar-refractivity contribution in [2.45, 2.75) is 32.8 Å². The van der Waals surface area contributed by atoms with Crippen molar-refractivity contribution in [3.63, 3.8) is 0 Å². The van der Waals surface area contributed by atoms with Crippen LogP contribution in [0.5, 0.6) is 0 Å². The van der Waals surface area contributed by atoms with Gasteiger partial charge in [-0.05, 0) is 55.7 Å². The zero-order valence-electron chi connectivity index (χ0n) is 12.2. The van der Waals surface area contributed by atoms with Crippen LogP contribution in [0.25, 0.3) is 0 Å². The van der Waals surface area contributed by atoms with Crippen LogP contribution in [-0.2, 0) is 12.0 Å². The third kappa shape index (κ3) is 3.75. The van der Waals surface area contributed by atoms with Crippen LogP contribution in [0, 0.1) is 0 Å². The van der Waals surface area contributed by atoms with E-state index < -0.39 is 5.60 Å². The van der Waals surface area contributed by atoms with Gasteiger partial charge in [0.05, 0.1) is 17.0 Å². The minimum Gasteiger partial charge on any atom is -0.386 e. The number of aliphatic hydroxyl groups is 1. The maximum atomic E-state index is 9.88. The van der Waals surface area contributed by atoms with Crippen LogP contribution in [0.1, 0.15) is 31.9 Å². The van der Waals surface area contributed by atoms with Gasteiger partial charge in [0.15, 0.2) is 0 Å². The SMILES string of the molecule is CCc1ccc(N=Nc2ccc(C(C)(C)O)cc2)cc1. The second-order valence-electron chi connectivity index (χ2n) is 5.33. The molecule has 0 saturated carbocycles. The number of azo groups is 1. The lowest BCUT2D eigenvalue weighted by Crippen LogP contribution is -2.14. The highest BCUT2D eigenvalue weighted by molar-refractivity contribution is 5.42. The normalized spacial score (nSPS) is 12.0. The molecule has 0 heterocycles. The molecule has 0 atom stereocenters. The van der Waals surface area contributed by atoms with Crippen LogP contribution in [-0.4, -0.2) is 5.11 Å². The van der Waals surface area contributed by atoms with E-state index in [0.29, 0.717) is 0 Å². The van der Waals surface area contributed by atoms with Gasteiger partial charge in [-0.3, -0.25) is 0 Å². The van der Waals surface area contributed by atoms with Gasteiger partial charge in [0.2, 0.25) is 0 Å². The molecule has 0 unspecified atom stereocenters. The average Bonchev–Trinajstić information content (AvgIpc) is 2.45. The fourth-order valence-electron chi connectivity index (χ4n) is 1.85. The first-order valence-corrected chi connectivity index (χ1v) is 6.82. The quantitative estimate of drug-likeness (QED) is 0.788. The van der Waals surface area contributed by atoms with E-state index in [9.17, 15) is 5.11 Å². The van der Waals surface area contributed by atoms with Crippen molar-refractivity contribution in [1.82, 2.24) is 0 Å². The van der Waals surface area contributed by atoms with E-state index in [-0.39, 0.29) is 0 Å². The van der Waals surface area contributed by atoms with Crippen LogP contribution < -0.4 is 0 Å². The van der Waals surface area contributed by atoms with Crippen molar-refractivity contribution in [3.8, 4) is 0 Å². The van der Waals surface area contributed by atoms with Gasteiger partial charge in [0, 0.05) is 0 Å². The zero-order chi connectivity index (χ0) is 14.6. The monoisotopic (exact) mass is 268 g/mol. The predicted molar refractivity (Wildman–Crippen MR) is 81.7 cm³/mol. The second kappa shape index (κ2) is 5.97. The summed E-state index contributed by atoms with van der Waals surface area (Å²) in [6, 6.07) is 15.5. The number of rotatable bonds is 4. The van der Waals surface area contributed by atoms with Crippen molar-refractivity contribution < 1.29 is 5.11 Å². The summed E-state index contributed by atoms with van der Waals surface area (Å²) in [4.78, 5) is 0. The topological polar surface area (TPSA) is 45.0 Å². The fourth-order valence-corrected chi connectivity index (χ4v) is 1.85. The van der Waals surface area contributed by atoms with E-state index >= 15 is 0 Å². The lowest BCUT2D eigenvalue weighted by molar-refractivity contribution is 0.0786. The van der Waals surface area contributed by atoms with Gasteiger partial charge in [0.25, 0.3) is 0 Å². The standard InChI is InChI=1S/C17H20N2O/c1-4-13-5-9-15(10-6-13)18-19-16-11-7-14(8-12-16)17(2,3)20/h5-12,20H,4H2,1-3H3. The Labute approximate surface area is 120 Å². The summed E-state index contributed by atoms with van der Waals surface area (Å²) in [5.41, 5.74) is 2.94. The predicted octanol–water partition coefficient (Wildman–Crippen LogP) is 4.89. The third-order valence-corrected chi connectivity index (χ3v) is 3.20. The average molecular weight is 268 g/mol. The highest BCUT2D eigenvalue weighted by atomic mass is 16.3. The molecule has 2 aromatic rings. The number of nitrogens with zero attached hydrogens (tertiary/aromatic N) is 2. The highest BCUT2D eigenvalue weighted by Crippen LogP contribution is 2.24. The van der Waals surface area contributed by atoms with E-state index in [1.54, 1.807) is 13.8 Å². The Kier molecular flexibility index (Phi) is 4.30. The Morgan fingerprint density at radius 2 is 1.30 bits per heavy atom. The number of hydrogen-bond acceptors (Lipinski definition) is 3. The van der Waals surface area contributed by atoms with E-state index in [0.717, 1.165) is 23.4 Å². The molecule has 2 rings (SSSR count). The van der Waals surface area contributed by atoms with Crippen molar-refractivity contribution in [2.24, 2.45) is 10.2 Å². The molecule has 0 bridgehead atoms. The maximum Gasteiger partial charge on any atom is 0.0857 e. The van der Waals surface area contributed by atoms with Crippen molar-refractivity contribution in [3.05, 3.63) is 59.7 Å². The number of aryl methyl sites for hydroxylation is 1. The van der Waals surface area contributed by atoms with Crippen molar-refractivity contribution in [1.29, 1.82) is 0 Å². The molecule has 0 aliphatic heterocycles. The summed E-state index contributed by atoms with van der Waals surface area (Å²) in [5.74, 6) is 0. The number of benzene rings is 2. The Bertz CT molecular complexity index is 578. The lowest BCUT2D eigenvalue weighted by Gasteiger charge is -2.17. The van der Waals surface area contributed by atoms with Crippen molar-refractivity contribution >= 4 is 11.4 Å². The second-order valence-corrected chi connectivity index (χ2v) is 5.33. The first kappa shape index (κ1) is 14.4. The van der Waals surface area contributed by atoms with Crippen LogP contribution in [0.4, 0.5) is 11.4 Å². The summed E-state index contributed by atoms with van der Waals surface area (Å²) in [7, 11) is 0. The maximum absolute atomic E-state index is 9.88. The van der Waals surface area contributed by atoms with Gasteiger partial charge in [-0.25, -0.2) is 0 Å². The fraction of sp³-hybridized carbons (Fsp3) is 0.294. The summed E-state index contributed by atoms with van der Waals surface area (Å²) >= 11 is 0. The van der Waals surface area contributed by atoms with E-state index in [2.05, 4.69) is 29.3 Å². The molecule has 0 amide bonds. The van der Waals surface area contributed by atoms with E-state index in [1.807, 2.05) is 36.4 Å². The lowest BCUT2D eigenvalue weighted by atomic mass is 9.98. The number of hydrogen-bond donors (Lipinski definition) is 1. The van der Waals surface area contributed by atoms with Gasteiger partial charge in [0.1, 0.15) is 0 Å². The molecule has 20 heavy (non-hydrogen) atoms. The smallest absolute Gasteiger partial charge is 0.0857 e. The molecule has 0 aliphatic rings. The minimum absolute atomic E-state index is 0.776. The molecule has 3 nitrogen and oxygen atoms in total. The molecule has 1 N–H and O–H groups in total. The largest absolute Gasteiger partial charge is 0.386 e. The first-order chi connectivity index (χ1) is 9.49. The van der Waals surface area contributed by atoms with Crippen LogP contribution in [0.2, 0.25) is 0 Å². The molecule has 0 saturated heterocycles. The molecule has 2 aromatic carbocycles. The third-order valence-electron chi connectivity index (χ3n) is 3.20. The summed E-state index contributed by atoms with van der Waals surface area (Å²) in [6.07, 6.45) is 1.02.